The Bertz CT molecular complexity index is 263. The van der Waals surface area contributed by atoms with Crippen molar-refractivity contribution in [3.63, 3.8) is 0 Å². The predicted molar refractivity (Wildman–Crippen MR) is 80.2 cm³/mol. The average molecular weight is 268 g/mol. The zero-order chi connectivity index (χ0) is 12.4. The van der Waals surface area contributed by atoms with Gasteiger partial charge in [-0.15, -0.1) is 0 Å². The molecule has 104 valence electrons. The summed E-state index contributed by atoms with van der Waals surface area (Å²) in [6.45, 7) is 6.22. The summed E-state index contributed by atoms with van der Waals surface area (Å²) in [6.07, 6.45) is 7.32. The van der Waals surface area contributed by atoms with Gasteiger partial charge in [0.1, 0.15) is 0 Å². The molecule has 0 spiro atoms. The molecule has 0 aromatic rings. The van der Waals surface area contributed by atoms with Crippen molar-refractivity contribution in [1.29, 1.82) is 0 Å². The molecule has 3 aliphatic rings. The summed E-state index contributed by atoms with van der Waals surface area (Å²) in [4.78, 5) is 2.84. The second kappa shape index (κ2) is 6.15. The molecule has 0 amide bonds. The minimum Gasteiger partial charge on any atom is -0.311 e. The maximum absolute atomic E-state index is 3.84. The van der Waals surface area contributed by atoms with Crippen LogP contribution in [0.3, 0.4) is 0 Å². The van der Waals surface area contributed by atoms with Crippen LogP contribution in [0.1, 0.15) is 39.0 Å². The van der Waals surface area contributed by atoms with Gasteiger partial charge in [0.15, 0.2) is 0 Å². The van der Waals surface area contributed by atoms with E-state index >= 15 is 0 Å². The summed E-state index contributed by atoms with van der Waals surface area (Å²) >= 11 is 2.10. The molecule has 3 heteroatoms. The van der Waals surface area contributed by atoms with Crippen molar-refractivity contribution in [2.24, 2.45) is 11.8 Å². The second-order valence-electron chi connectivity index (χ2n) is 6.30. The van der Waals surface area contributed by atoms with Gasteiger partial charge in [0.2, 0.25) is 0 Å². The summed E-state index contributed by atoms with van der Waals surface area (Å²) in [5, 5.41) is 3.84. The van der Waals surface area contributed by atoms with Crippen molar-refractivity contribution in [2.45, 2.75) is 51.1 Å². The Labute approximate surface area is 116 Å². The van der Waals surface area contributed by atoms with E-state index in [2.05, 4.69) is 28.9 Å². The molecule has 0 radical (unpaired) electrons. The van der Waals surface area contributed by atoms with Gasteiger partial charge in [0, 0.05) is 25.2 Å². The van der Waals surface area contributed by atoms with Gasteiger partial charge >= 0.3 is 0 Å². The number of hydrogen-bond donors (Lipinski definition) is 1. The third-order valence-corrected chi connectivity index (χ3v) is 5.77. The minimum atomic E-state index is 0.818. The van der Waals surface area contributed by atoms with Gasteiger partial charge in [-0.2, -0.15) is 11.8 Å². The second-order valence-corrected chi connectivity index (χ2v) is 7.70. The Balaban J connectivity index is 1.48. The summed E-state index contributed by atoms with van der Waals surface area (Å²) in [5.74, 6) is 4.67. The van der Waals surface area contributed by atoms with Crippen molar-refractivity contribution in [1.82, 2.24) is 10.2 Å². The number of hydrogen-bond acceptors (Lipinski definition) is 3. The summed E-state index contributed by atoms with van der Waals surface area (Å²) < 4.78 is 0. The van der Waals surface area contributed by atoms with Crippen LogP contribution in [-0.2, 0) is 0 Å². The van der Waals surface area contributed by atoms with Gasteiger partial charge in [-0.1, -0.05) is 6.92 Å². The molecule has 3 fully saturated rings. The van der Waals surface area contributed by atoms with Crippen LogP contribution in [0.15, 0.2) is 0 Å². The molecule has 1 N–H and O–H groups in total. The molecule has 2 nitrogen and oxygen atoms in total. The van der Waals surface area contributed by atoms with Gasteiger partial charge in [-0.05, 0) is 62.0 Å². The molecular formula is C15H28N2S. The van der Waals surface area contributed by atoms with Crippen LogP contribution in [0.25, 0.3) is 0 Å². The van der Waals surface area contributed by atoms with Gasteiger partial charge in [0.25, 0.3) is 0 Å². The van der Waals surface area contributed by atoms with E-state index in [1.807, 2.05) is 0 Å². The molecule has 1 heterocycles. The van der Waals surface area contributed by atoms with Gasteiger partial charge < -0.3 is 5.32 Å². The molecule has 1 saturated heterocycles. The zero-order valence-electron chi connectivity index (χ0n) is 11.7. The van der Waals surface area contributed by atoms with E-state index in [0.717, 1.165) is 23.9 Å². The van der Waals surface area contributed by atoms with Gasteiger partial charge in [-0.25, -0.2) is 0 Å². The number of thioether (sulfide) groups is 1. The highest BCUT2D eigenvalue weighted by atomic mass is 32.2. The van der Waals surface area contributed by atoms with Crippen LogP contribution >= 0.6 is 11.8 Å². The quantitative estimate of drug-likeness (QED) is 0.715. The number of rotatable bonds is 7. The first-order valence-electron chi connectivity index (χ1n) is 7.93. The Kier molecular flexibility index (Phi) is 4.53. The number of nitrogens with zero attached hydrogens (tertiary/aromatic N) is 1. The molecule has 3 rings (SSSR count). The fraction of sp³-hybridized carbons (Fsp3) is 1.00. The lowest BCUT2D eigenvalue weighted by Crippen LogP contribution is -2.58. The molecule has 0 aromatic carbocycles. The van der Waals surface area contributed by atoms with Crippen LogP contribution in [0.4, 0.5) is 0 Å². The van der Waals surface area contributed by atoms with Crippen molar-refractivity contribution in [3.8, 4) is 0 Å². The van der Waals surface area contributed by atoms with Crippen LogP contribution in [0, 0.1) is 11.8 Å². The molecule has 0 bridgehead atoms. The molecule has 2 saturated carbocycles. The van der Waals surface area contributed by atoms with Gasteiger partial charge in [-0.3, -0.25) is 4.90 Å². The third kappa shape index (κ3) is 3.43. The lowest BCUT2D eigenvalue weighted by molar-refractivity contribution is 0.108. The summed E-state index contributed by atoms with van der Waals surface area (Å²) in [7, 11) is 0. The molecule has 18 heavy (non-hydrogen) atoms. The average Bonchev–Trinajstić information content (AvgIpc) is 3.28. The predicted octanol–water partition coefficient (Wildman–Crippen LogP) is 2.59. The smallest absolute Gasteiger partial charge is 0.0249 e. The van der Waals surface area contributed by atoms with Crippen LogP contribution in [-0.4, -0.2) is 48.1 Å². The number of piperazine rings is 1. The van der Waals surface area contributed by atoms with E-state index in [1.165, 1.54) is 63.2 Å². The Morgan fingerprint density at radius 3 is 2.61 bits per heavy atom. The van der Waals surface area contributed by atoms with Crippen LogP contribution in [0.5, 0.6) is 0 Å². The molecule has 1 aliphatic heterocycles. The first-order chi connectivity index (χ1) is 8.88. The van der Waals surface area contributed by atoms with E-state index in [4.69, 9.17) is 0 Å². The van der Waals surface area contributed by atoms with Crippen LogP contribution < -0.4 is 5.32 Å². The lowest BCUT2D eigenvalue weighted by Gasteiger charge is -2.41. The normalized spacial score (nSPS) is 33.8. The largest absolute Gasteiger partial charge is 0.311 e. The molecular weight excluding hydrogens is 240 g/mol. The highest BCUT2D eigenvalue weighted by Gasteiger charge is 2.42. The summed E-state index contributed by atoms with van der Waals surface area (Å²) in [5.41, 5.74) is 0. The van der Waals surface area contributed by atoms with E-state index in [1.54, 1.807) is 0 Å². The lowest BCUT2D eigenvalue weighted by atomic mass is 10.0. The van der Waals surface area contributed by atoms with Gasteiger partial charge in [0.05, 0.1) is 0 Å². The fourth-order valence-corrected chi connectivity index (χ4v) is 4.01. The standard InChI is InChI=1S/C15H28N2S/c1-2-18-9-3-8-17-11-14(12-4-5-12)16-10-15(17)13-6-7-13/h12-16H,2-11H2,1H3. The van der Waals surface area contributed by atoms with Crippen molar-refractivity contribution >= 4 is 11.8 Å². The highest BCUT2D eigenvalue weighted by Crippen LogP contribution is 2.39. The Morgan fingerprint density at radius 1 is 1.17 bits per heavy atom. The summed E-state index contributed by atoms with van der Waals surface area (Å²) in [6, 6.07) is 1.69. The van der Waals surface area contributed by atoms with E-state index in [0.29, 0.717) is 0 Å². The molecule has 2 atom stereocenters. The SMILES string of the molecule is CCSCCCN1CC(C2CC2)NCC1C1CC1. The van der Waals surface area contributed by atoms with Crippen molar-refractivity contribution < 1.29 is 0 Å². The van der Waals surface area contributed by atoms with Crippen molar-refractivity contribution in [3.05, 3.63) is 0 Å². The maximum Gasteiger partial charge on any atom is 0.0249 e. The monoisotopic (exact) mass is 268 g/mol. The first kappa shape index (κ1) is 13.3. The molecule has 0 aromatic heterocycles. The molecule has 2 aliphatic carbocycles. The Hall–Kier alpha value is 0.270. The Morgan fingerprint density at radius 2 is 1.94 bits per heavy atom. The van der Waals surface area contributed by atoms with Crippen LogP contribution in [0.2, 0.25) is 0 Å². The molecule has 2 unspecified atom stereocenters. The number of nitrogens with one attached hydrogen (secondary N) is 1. The van der Waals surface area contributed by atoms with E-state index in [9.17, 15) is 0 Å². The minimum absolute atomic E-state index is 0.818. The van der Waals surface area contributed by atoms with E-state index < -0.39 is 0 Å². The maximum atomic E-state index is 3.84. The van der Waals surface area contributed by atoms with E-state index in [-0.39, 0.29) is 0 Å². The fourth-order valence-electron chi connectivity index (χ4n) is 3.39. The third-order valence-electron chi connectivity index (χ3n) is 4.78. The zero-order valence-corrected chi connectivity index (χ0v) is 12.6. The first-order valence-corrected chi connectivity index (χ1v) is 9.09. The van der Waals surface area contributed by atoms with Crippen molar-refractivity contribution in [2.75, 3.05) is 31.1 Å². The highest BCUT2D eigenvalue weighted by molar-refractivity contribution is 7.99. The topological polar surface area (TPSA) is 15.3 Å².